The van der Waals surface area contributed by atoms with Crippen molar-refractivity contribution in [1.82, 2.24) is 13.5 Å². The first kappa shape index (κ1) is 24.7. The van der Waals surface area contributed by atoms with Gasteiger partial charge in [-0.15, -0.1) is 0 Å². The predicted octanol–water partition coefficient (Wildman–Crippen LogP) is 2.94. The number of nitrogens with zero attached hydrogens (tertiary/aromatic N) is 3. The van der Waals surface area contributed by atoms with E-state index in [4.69, 9.17) is 4.74 Å². The third kappa shape index (κ3) is 6.79. The fraction of sp³-hybridized carbons (Fsp3) is 0.480. The van der Waals surface area contributed by atoms with Crippen molar-refractivity contribution < 1.29 is 17.9 Å². The maximum atomic E-state index is 13.0. The number of carbonyl (C=O) groups excluding carboxylic acids is 1. The molecular weight excluding hydrogens is 452 g/mol. The first-order valence-corrected chi connectivity index (χ1v) is 13.4. The number of rotatable bonds is 8. The zero-order valence-electron chi connectivity index (χ0n) is 19.6. The Morgan fingerprint density at radius 2 is 1.41 bits per heavy atom. The summed E-state index contributed by atoms with van der Waals surface area (Å²) in [6.07, 6.45) is 4.05. The van der Waals surface area contributed by atoms with Gasteiger partial charge in [-0.1, -0.05) is 43.2 Å². The molecule has 0 unspecified atom stereocenters. The van der Waals surface area contributed by atoms with E-state index < -0.39 is 10.2 Å². The smallest absolute Gasteiger partial charge is 0.282 e. The van der Waals surface area contributed by atoms with Crippen molar-refractivity contribution in [3.63, 3.8) is 0 Å². The quantitative estimate of drug-likeness (QED) is 0.621. The molecule has 2 fully saturated rings. The zero-order chi connectivity index (χ0) is 23.8. The van der Waals surface area contributed by atoms with E-state index in [9.17, 15) is 13.2 Å². The average molecular weight is 487 g/mol. The summed E-state index contributed by atoms with van der Waals surface area (Å²) in [4.78, 5) is 14.5. The lowest BCUT2D eigenvalue weighted by Gasteiger charge is -2.36. The molecule has 2 aromatic carbocycles. The molecule has 34 heavy (non-hydrogen) atoms. The van der Waals surface area contributed by atoms with Gasteiger partial charge in [0.1, 0.15) is 12.4 Å². The van der Waals surface area contributed by atoms with Crippen LogP contribution in [0.25, 0.3) is 0 Å². The summed E-state index contributed by atoms with van der Waals surface area (Å²) in [5, 5.41) is 2.91. The third-order valence-corrected chi connectivity index (χ3v) is 8.34. The van der Waals surface area contributed by atoms with Crippen LogP contribution in [0.3, 0.4) is 0 Å². The predicted molar refractivity (Wildman–Crippen MR) is 133 cm³/mol. The number of carbonyl (C=O) groups is 1. The van der Waals surface area contributed by atoms with E-state index in [1.54, 1.807) is 8.61 Å². The highest BCUT2D eigenvalue weighted by atomic mass is 32.2. The number of benzene rings is 2. The molecule has 0 bridgehead atoms. The molecule has 1 N–H and O–H groups in total. The van der Waals surface area contributed by atoms with Crippen LogP contribution in [0, 0.1) is 0 Å². The van der Waals surface area contributed by atoms with E-state index in [1.807, 2.05) is 59.5 Å². The van der Waals surface area contributed by atoms with Crippen LogP contribution in [-0.2, 0) is 21.6 Å². The van der Waals surface area contributed by atoms with Gasteiger partial charge < -0.3 is 10.1 Å². The van der Waals surface area contributed by atoms with Crippen molar-refractivity contribution in [3.8, 4) is 5.75 Å². The van der Waals surface area contributed by atoms with Gasteiger partial charge in [-0.3, -0.25) is 9.69 Å². The second-order valence-corrected chi connectivity index (χ2v) is 10.8. The van der Waals surface area contributed by atoms with Crippen molar-refractivity contribution >= 4 is 21.8 Å². The molecule has 0 radical (unpaired) electrons. The Kier molecular flexibility index (Phi) is 8.55. The fourth-order valence-corrected chi connectivity index (χ4v) is 6.00. The van der Waals surface area contributed by atoms with E-state index in [1.165, 1.54) is 0 Å². The summed E-state index contributed by atoms with van der Waals surface area (Å²) in [6.45, 7) is 3.89. The lowest BCUT2D eigenvalue weighted by molar-refractivity contribution is -0.117. The lowest BCUT2D eigenvalue weighted by Crippen LogP contribution is -2.54. The van der Waals surface area contributed by atoms with Crippen LogP contribution in [0.5, 0.6) is 5.75 Å². The van der Waals surface area contributed by atoms with Gasteiger partial charge in [0.15, 0.2) is 0 Å². The van der Waals surface area contributed by atoms with Crippen molar-refractivity contribution in [3.05, 3.63) is 60.2 Å². The minimum absolute atomic E-state index is 0.109. The molecule has 2 saturated heterocycles. The van der Waals surface area contributed by atoms with Gasteiger partial charge in [-0.05, 0) is 42.7 Å². The molecule has 9 heteroatoms. The average Bonchev–Trinajstić information content (AvgIpc) is 3.15. The molecule has 2 aliphatic heterocycles. The molecule has 2 aromatic rings. The SMILES string of the molecule is O=C(CN1CCN(S(=O)(=O)N2CCCCCC2)CC1)Nc1ccc(OCc2ccccc2)cc1. The maximum absolute atomic E-state index is 13.0. The largest absolute Gasteiger partial charge is 0.489 e. The van der Waals surface area contributed by atoms with Gasteiger partial charge in [0.25, 0.3) is 10.2 Å². The second-order valence-electron chi connectivity index (χ2n) is 8.84. The zero-order valence-corrected chi connectivity index (χ0v) is 20.4. The van der Waals surface area contributed by atoms with Crippen molar-refractivity contribution in [2.75, 3.05) is 51.1 Å². The van der Waals surface area contributed by atoms with Crippen LogP contribution >= 0.6 is 0 Å². The van der Waals surface area contributed by atoms with E-state index in [0.29, 0.717) is 51.6 Å². The van der Waals surface area contributed by atoms with Crippen LogP contribution in [0.15, 0.2) is 54.6 Å². The fourth-order valence-electron chi connectivity index (χ4n) is 4.33. The van der Waals surface area contributed by atoms with Crippen LogP contribution in [0.4, 0.5) is 5.69 Å². The number of hydrogen-bond donors (Lipinski definition) is 1. The number of nitrogens with one attached hydrogen (secondary N) is 1. The molecule has 2 aliphatic rings. The first-order valence-electron chi connectivity index (χ1n) is 12.0. The monoisotopic (exact) mass is 486 g/mol. The summed E-state index contributed by atoms with van der Waals surface area (Å²) >= 11 is 0. The highest BCUT2D eigenvalue weighted by molar-refractivity contribution is 7.86. The maximum Gasteiger partial charge on any atom is 0.282 e. The summed E-state index contributed by atoms with van der Waals surface area (Å²) in [7, 11) is -3.41. The molecule has 8 nitrogen and oxygen atoms in total. The highest BCUT2D eigenvalue weighted by Crippen LogP contribution is 2.19. The lowest BCUT2D eigenvalue weighted by atomic mass is 10.2. The molecule has 2 heterocycles. The van der Waals surface area contributed by atoms with Crippen LogP contribution in [-0.4, -0.2) is 73.6 Å². The molecule has 184 valence electrons. The Morgan fingerprint density at radius 3 is 2.06 bits per heavy atom. The molecule has 1 amide bonds. The molecule has 0 saturated carbocycles. The van der Waals surface area contributed by atoms with Crippen LogP contribution < -0.4 is 10.1 Å². The van der Waals surface area contributed by atoms with Gasteiger partial charge in [-0.2, -0.15) is 17.0 Å². The molecular formula is C25H34N4O4S. The molecule has 0 atom stereocenters. The van der Waals surface area contributed by atoms with Gasteiger partial charge in [0.05, 0.1) is 6.54 Å². The molecule has 0 aliphatic carbocycles. The van der Waals surface area contributed by atoms with Gasteiger partial charge in [-0.25, -0.2) is 0 Å². The van der Waals surface area contributed by atoms with Crippen molar-refractivity contribution in [1.29, 1.82) is 0 Å². The van der Waals surface area contributed by atoms with E-state index in [-0.39, 0.29) is 12.5 Å². The van der Waals surface area contributed by atoms with Crippen LogP contribution in [0.1, 0.15) is 31.2 Å². The molecule has 0 spiro atoms. The second kappa shape index (κ2) is 11.8. The van der Waals surface area contributed by atoms with Gasteiger partial charge in [0, 0.05) is 45.0 Å². The Morgan fingerprint density at radius 1 is 0.794 bits per heavy atom. The Hall–Kier alpha value is -2.46. The number of hydrogen-bond acceptors (Lipinski definition) is 5. The standard InChI is InChI=1S/C25H34N4O4S/c30-25(26-23-10-12-24(13-11-23)33-21-22-8-4-3-5-9-22)20-27-16-18-29(19-17-27)34(31,32)28-14-6-1-2-7-15-28/h3-5,8-13H,1-2,6-7,14-21H2,(H,26,30). The van der Waals surface area contributed by atoms with E-state index in [0.717, 1.165) is 37.0 Å². The third-order valence-electron chi connectivity index (χ3n) is 6.30. The first-order chi connectivity index (χ1) is 16.5. The van der Waals surface area contributed by atoms with Crippen molar-refractivity contribution in [2.45, 2.75) is 32.3 Å². The van der Waals surface area contributed by atoms with Crippen LogP contribution in [0.2, 0.25) is 0 Å². The Bertz CT molecular complexity index is 1010. The number of amides is 1. The van der Waals surface area contributed by atoms with E-state index in [2.05, 4.69) is 5.32 Å². The number of anilines is 1. The topological polar surface area (TPSA) is 82.2 Å². The minimum atomic E-state index is -3.41. The van der Waals surface area contributed by atoms with E-state index >= 15 is 0 Å². The summed E-state index contributed by atoms with van der Waals surface area (Å²) < 4.78 is 34.9. The van der Waals surface area contributed by atoms with Gasteiger partial charge in [0.2, 0.25) is 5.91 Å². The Labute approximate surface area is 202 Å². The number of piperazine rings is 1. The summed E-state index contributed by atoms with van der Waals surface area (Å²) in [6, 6.07) is 17.3. The molecule has 0 aromatic heterocycles. The summed E-state index contributed by atoms with van der Waals surface area (Å²) in [5.41, 5.74) is 1.80. The molecule has 4 rings (SSSR count). The number of ether oxygens (including phenoxy) is 1. The highest BCUT2D eigenvalue weighted by Gasteiger charge is 2.32. The van der Waals surface area contributed by atoms with Crippen molar-refractivity contribution in [2.24, 2.45) is 0 Å². The minimum Gasteiger partial charge on any atom is -0.489 e. The summed E-state index contributed by atoms with van der Waals surface area (Å²) in [5.74, 6) is 0.630. The normalized spacial score (nSPS) is 18.8. The Balaban J connectivity index is 1.20. The van der Waals surface area contributed by atoms with Gasteiger partial charge >= 0.3 is 0 Å².